The molecule has 3 rings (SSSR count). The van der Waals surface area contributed by atoms with Crippen molar-refractivity contribution in [2.24, 2.45) is 5.92 Å². The maximum Gasteiger partial charge on any atom is 0.272 e. The highest BCUT2D eigenvalue weighted by molar-refractivity contribution is 5.98. The predicted molar refractivity (Wildman–Crippen MR) is 84.7 cm³/mol. The largest absolute Gasteiger partial charge is 0.305 e. The minimum atomic E-state index is -0.408. The van der Waals surface area contributed by atoms with Crippen molar-refractivity contribution in [2.75, 3.05) is 0 Å². The molecule has 0 saturated heterocycles. The van der Waals surface area contributed by atoms with Crippen LogP contribution in [0.1, 0.15) is 35.8 Å². The van der Waals surface area contributed by atoms with Crippen molar-refractivity contribution in [1.29, 1.82) is 0 Å². The van der Waals surface area contributed by atoms with Crippen molar-refractivity contribution in [2.45, 2.75) is 33.2 Å². The van der Waals surface area contributed by atoms with Crippen molar-refractivity contribution in [3.8, 4) is 0 Å². The van der Waals surface area contributed by atoms with Gasteiger partial charge in [-0.1, -0.05) is 0 Å². The van der Waals surface area contributed by atoms with Gasteiger partial charge < -0.3 is 4.57 Å². The first-order chi connectivity index (χ1) is 11.0. The molecule has 7 heteroatoms. The Morgan fingerprint density at radius 2 is 2.04 bits per heavy atom. The van der Waals surface area contributed by atoms with E-state index in [0.717, 1.165) is 12.8 Å². The number of carbonyl (C=O) groups excluding carboxylic acids is 2. The monoisotopic (exact) mass is 314 g/mol. The van der Waals surface area contributed by atoms with E-state index in [-0.39, 0.29) is 17.4 Å². The van der Waals surface area contributed by atoms with Crippen molar-refractivity contribution in [1.82, 2.24) is 20.4 Å². The maximum absolute atomic E-state index is 12.1. The van der Waals surface area contributed by atoms with Crippen molar-refractivity contribution < 1.29 is 9.59 Å². The van der Waals surface area contributed by atoms with E-state index in [2.05, 4.69) is 15.8 Å². The Balaban J connectivity index is 1.87. The van der Waals surface area contributed by atoms with Crippen LogP contribution in [0, 0.1) is 12.8 Å². The summed E-state index contributed by atoms with van der Waals surface area (Å²) in [5, 5.41) is 0. The third-order valence-corrected chi connectivity index (χ3v) is 3.93. The summed E-state index contributed by atoms with van der Waals surface area (Å²) in [6.07, 6.45) is 1.74. The lowest BCUT2D eigenvalue weighted by molar-refractivity contribution is -0.123. The van der Waals surface area contributed by atoms with E-state index in [9.17, 15) is 14.4 Å². The van der Waals surface area contributed by atoms with E-state index >= 15 is 0 Å². The van der Waals surface area contributed by atoms with E-state index in [1.807, 2.05) is 6.92 Å². The van der Waals surface area contributed by atoms with Crippen molar-refractivity contribution >= 4 is 22.8 Å². The first kappa shape index (κ1) is 15.2. The molecular weight excluding hydrogens is 296 g/mol. The number of nitrogens with zero attached hydrogens (tertiary/aromatic N) is 2. The SMILES string of the molecule is CCn1c(=O)c(C)nc2cc(C(=O)NNC(=O)C3CC3)ccc21. The zero-order valence-electron chi connectivity index (χ0n) is 13.0. The minimum absolute atomic E-state index is 0.0233. The molecule has 0 bridgehead atoms. The molecular formula is C16H18N4O3. The Hall–Kier alpha value is -2.70. The van der Waals surface area contributed by atoms with Gasteiger partial charge in [-0.15, -0.1) is 0 Å². The molecule has 2 N–H and O–H groups in total. The second-order valence-corrected chi connectivity index (χ2v) is 5.67. The van der Waals surface area contributed by atoms with Crippen LogP contribution in [-0.2, 0) is 11.3 Å². The summed E-state index contributed by atoms with van der Waals surface area (Å²) < 4.78 is 1.62. The Bertz CT molecular complexity index is 852. The number of aromatic nitrogens is 2. The second-order valence-electron chi connectivity index (χ2n) is 5.67. The lowest BCUT2D eigenvalue weighted by Gasteiger charge is -2.10. The molecule has 2 amide bonds. The van der Waals surface area contributed by atoms with E-state index in [1.165, 1.54) is 0 Å². The van der Waals surface area contributed by atoms with Gasteiger partial charge in [-0.3, -0.25) is 25.2 Å². The summed E-state index contributed by atoms with van der Waals surface area (Å²) in [6, 6.07) is 4.93. The number of hydrogen-bond donors (Lipinski definition) is 2. The summed E-state index contributed by atoms with van der Waals surface area (Å²) in [4.78, 5) is 40.0. The van der Waals surface area contributed by atoms with Gasteiger partial charge in [0.25, 0.3) is 11.5 Å². The number of amides is 2. The van der Waals surface area contributed by atoms with E-state index in [4.69, 9.17) is 0 Å². The Morgan fingerprint density at radius 1 is 1.30 bits per heavy atom. The Morgan fingerprint density at radius 3 is 2.70 bits per heavy atom. The summed E-state index contributed by atoms with van der Waals surface area (Å²) in [5.41, 5.74) is 6.71. The minimum Gasteiger partial charge on any atom is -0.305 e. The smallest absolute Gasteiger partial charge is 0.272 e. The highest BCUT2D eigenvalue weighted by Crippen LogP contribution is 2.28. The van der Waals surface area contributed by atoms with Crippen LogP contribution in [0.3, 0.4) is 0 Å². The van der Waals surface area contributed by atoms with Crippen LogP contribution in [0.5, 0.6) is 0 Å². The molecule has 2 aromatic rings. The van der Waals surface area contributed by atoms with Gasteiger partial charge in [-0.05, 0) is 44.9 Å². The van der Waals surface area contributed by atoms with Gasteiger partial charge in [0, 0.05) is 18.0 Å². The number of aryl methyl sites for hydroxylation is 2. The quantitative estimate of drug-likeness (QED) is 0.823. The first-order valence-electron chi connectivity index (χ1n) is 7.62. The fourth-order valence-electron chi connectivity index (χ4n) is 2.47. The number of benzene rings is 1. The van der Waals surface area contributed by atoms with Gasteiger partial charge >= 0.3 is 0 Å². The lowest BCUT2D eigenvalue weighted by Crippen LogP contribution is -2.42. The molecule has 120 valence electrons. The molecule has 1 saturated carbocycles. The molecule has 1 fully saturated rings. The summed E-state index contributed by atoms with van der Waals surface area (Å²) >= 11 is 0. The number of hydrogen-bond acceptors (Lipinski definition) is 4. The van der Waals surface area contributed by atoms with Gasteiger partial charge in [0.1, 0.15) is 5.69 Å². The molecule has 0 spiro atoms. The van der Waals surface area contributed by atoms with Gasteiger partial charge in [0.15, 0.2) is 0 Å². The predicted octanol–water partition coefficient (Wildman–Crippen LogP) is 0.896. The normalized spacial score (nSPS) is 13.8. The molecule has 7 nitrogen and oxygen atoms in total. The lowest BCUT2D eigenvalue weighted by atomic mass is 10.1. The summed E-state index contributed by atoms with van der Waals surface area (Å²) in [7, 11) is 0. The standard InChI is InChI=1S/C16H18N4O3/c1-3-20-13-7-6-11(8-12(13)17-9(2)16(20)23)15(22)19-18-14(21)10-4-5-10/h6-8,10H,3-5H2,1-2H3,(H,18,21)(H,19,22). The van der Waals surface area contributed by atoms with Crippen LogP contribution in [-0.4, -0.2) is 21.4 Å². The summed E-state index contributed by atoms with van der Waals surface area (Å²) in [5.74, 6) is -0.544. The van der Waals surface area contributed by atoms with Crippen molar-refractivity contribution in [3.63, 3.8) is 0 Å². The van der Waals surface area contributed by atoms with Gasteiger partial charge in [0.05, 0.1) is 11.0 Å². The number of fused-ring (bicyclic) bond motifs is 1. The van der Waals surface area contributed by atoms with Crippen LogP contribution in [0.4, 0.5) is 0 Å². The van der Waals surface area contributed by atoms with Crippen LogP contribution < -0.4 is 16.4 Å². The second kappa shape index (κ2) is 5.83. The topological polar surface area (TPSA) is 93.1 Å². The highest BCUT2D eigenvalue weighted by Gasteiger charge is 2.29. The third-order valence-electron chi connectivity index (χ3n) is 3.93. The molecule has 23 heavy (non-hydrogen) atoms. The number of nitrogens with one attached hydrogen (secondary N) is 2. The molecule has 0 unspecified atom stereocenters. The molecule has 1 heterocycles. The van der Waals surface area contributed by atoms with Gasteiger partial charge in [-0.25, -0.2) is 4.98 Å². The molecule has 1 aromatic carbocycles. The first-order valence-corrected chi connectivity index (χ1v) is 7.62. The third kappa shape index (κ3) is 2.94. The zero-order chi connectivity index (χ0) is 16.6. The van der Waals surface area contributed by atoms with E-state index in [1.54, 1.807) is 29.7 Å². The van der Waals surface area contributed by atoms with Crippen molar-refractivity contribution in [3.05, 3.63) is 39.8 Å². The fraction of sp³-hybridized carbons (Fsp3) is 0.375. The van der Waals surface area contributed by atoms with E-state index in [0.29, 0.717) is 28.8 Å². The molecule has 1 aliphatic carbocycles. The highest BCUT2D eigenvalue weighted by atomic mass is 16.2. The Labute approximate surface area is 132 Å². The fourth-order valence-corrected chi connectivity index (χ4v) is 2.47. The van der Waals surface area contributed by atoms with Crippen LogP contribution >= 0.6 is 0 Å². The van der Waals surface area contributed by atoms with Crippen LogP contribution in [0.25, 0.3) is 11.0 Å². The average molecular weight is 314 g/mol. The van der Waals surface area contributed by atoms with Gasteiger partial charge in [0.2, 0.25) is 5.91 Å². The molecule has 1 aliphatic rings. The maximum atomic E-state index is 12.1. The number of rotatable bonds is 3. The Kier molecular flexibility index (Phi) is 3.85. The van der Waals surface area contributed by atoms with Crippen LogP contribution in [0.2, 0.25) is 0 Å². The molecule has 0 atom stereocenters. The number of hydrazine groups is 1. The van der Waals surface area contributed by atoms with Gasteiger partial charge in [-0.2, -0.15) is 0 Å². The average Bonchev–Trinajstić information content (AvgIpc) is 3.38. The molecule has 1 aromatic heterocycles. The van der Waals surface area contributed by atoms with E-state index < -0.39 is 5.91 Å². The molecule has 0 aliphatic heterocycles. The number of carbonyl (C=O) groups is 2. The zero-order valence-corrected chi connectivity index (χ0v) is 13.0. The summed E-state index contributed by atoms with van der Waals surface area (Å²) in [6.45, 7) is 4.06. The van der Waals surface area contributed by atoms with Crippen LogP contribution in [0.15, 0.2) is 23.0 Å². The molecule has 0 radical (unpaired) electrons.